The Morgan fingerprint density at radius 1 is 1.45 bits per heavy atom. The fourth-order valence-corrected chi connectivity index (χ4v) is 2.20. The first kappa shape index (κ1) is 16.9. The predicted molar refractivity (Wildman–Crippen MR) is 68.0 cm³/mol. The largest absolute Gasteiger partial charge is 0.418 e. The van der Waals surface area contributed by atoms with Crippen molar-refractivity contribution < 1.29 is 28.2 Å². The van der Waals surface area contributed by atoms with Gasteiger partial charge in [-0.15, -0.1) is 0 Å². The number of aliphatic hydroxyl groups excluding tert-OH is 2. The van der Waals surface area contributed by atoms with Crippen molar-refractivity contribution in [2.75, 3.05) is 5.75 Å². The summed E-state index contributed by atoms with van der Waals surface area (Å²) in [4.78, 5) is 14.2. The Morgan fingerprint density at radius 2 is 2.10 bits per heavy atom. The Bertz CT molecular complexity index is 468. The van der Waals surface area contributed by atoms with Crippen molar-refractivity contribution >= 4 is 16.9 Å². The summed E-state index contributed by atoms with van der Waals surface area (Å²) in [5, 5.41) is 19.3. The Labute approximate surface area is 118 Å². The number of thioether (sulfide) groups is 1. The number of carbonyl (C=O) groups excluding carboxylic acids is 1. The van der Waals surface area contributed by atoms with E-state index < -0.39 is 29.6 Å². The van der Waals surface area contributed by atoms with E-state index in [1.54, 1.807) is 0 Å². The normalized spacial score (nSPS) is 14.9. The lowest BCUT2D eigenvalue weighted by atomic mass is 10.0. The number of rotatable bonds is 5. The van der Waals surface area contributed by atoms with E-state index in [0.29, 0.717) is 0 Å². The first-order valence-corrected chi connectivity index (χ1v) is 6.73. The van der Waals surface area contributed by atoms with Crippen LogP contribution in [-0.4, -0.2) is 32.2 Å². The average molecular weight is 309 g/mol. The van der Waals surface area contributed by atoms with Crippen LogP contribution in [0.2, 0.25) is 0 Å². The van der Waals surface area contributed by atoms with Crippen LogP contribution in [0, 0.1) is 0 Å². The fraction of sp³-hybridized carbons (Fsp3) is 0.500. The first-order chi connectivity index (χ1) is 9.23. The minimum absolute atomic E-state index is 0.0146. The third kappa shape index (κ3) is 4.77. The van der Waals surface area contributed by atoms with Gasteiger partial charge < -0.3 is 10.2 Å². The molecule has 20 heavy (non-hydrogen) atoms. The zero-order valence-electron chi connectivity index (χ0n) is 10.6. The molecule has 4 nitrogen and oxygen atoms in total. The van der Waals surface area contributed by atoms with E-state index >= 15 is 0 Å². The van der Waals surface area contributed by atoms with Gasteiger partial charge in [0.05, 0.1) is 17.4 Å². The van der Waals surface area contributed by atoms with Gasteiger partial charge in [0.25, 0.3) is 0 Å². The average Bonchev–Trinajstić information content (AvgIpc) is 2.36. The first-order valence-electron chi connectivity index (χ1n) is 5.75. The molecular formula is C12H14F3NO3S. The molecule has 112 valence electrons. The Kier molecular flexibility index (Phi) is 5.97. The minimum Gasteiger partial charge on any atom is -0.390 e. The maximum Gasteiger partial charge on any atom is 0.418 e. The molecule has 1 rings (SSSR count). The monoisotopic (exact) mass is 309 g/mol. The van der Waals surface area contributed by atoms with E-state index in [1.807, 2.05) is 0 Å². The van der Waals surface area contributed by atoms with Gasteiger partial charge in [-0.25, -0.2) is 0 Å². The molecule has 2 atom stereocenters. The van der Waals surface area contributed by atoms with Gasteiger partial charge in [0.1, 0.15) is 6.10 Å². The zero-order valence-corrected chi connectivity index (χ0v) is 11.4. The lowest BCUT2D eigenvalue weighted by Gasteiger charge is -2.20. The molecule has 0 spiro atoms. The van der Waals surface area contributed by atoms with Gasteiger partial charge in [0.2, 0.25) is 0 Å². The highest BCUT2D eigenvalue weighted by atomic mass is 32.2. The van der Waals surface area contributed by atoms with Gasteiger partial charge in [0, 0.05) is 18.9 Å². The lowest BCUT2D eigenvalue weighted by molar-refractivity contribution is -0.140. The van der Waals surface area contributed by atoms with E-state index in [9.17, 15) is 28.2 Å². The second-order valence-electron chi connectivity index (χ2n) is 4.07. The fourth-order valence-electron chi connectivity index (χ4n) is 1.56. The summed E-state index contributed by atoms with van der Waals surface area (Å²) in [7, 11) is 0. The predicted octanol–water partition coefficient (Wildman–Crippen LogP) is 2.16. The molecule has 0 radical (unpaired) electrons. The summed E-state index contributed by atoms with van der Waals surface area (Å²) in [5.41, 5.74) is -1.69. The SMILES string of the molecule is CC(=O)SCCC(O)C(O)c1ncccc1C(F)(F)F. The molecular weight excluding hydrogens is 295 g/mol. The quantitative estimate of drug-likeness (QED) is 0.872. The van der Waals surface area contributed by atoms with Crippen LogP contribution in [0.5, 0.6) is 0 Å². The van der Waals surface area contributed by atoms with Crippen molar-refractivity contribution in [1.29, 1.82) is 0 Å². The number of hydrogen-bond acceptors (Lipinski definition) is 5. The van der Waals surface area contributed by atoms with E-state index in [2.05, 4.69) is 4.98 Å². The summed E-state index contributed by atoms with van der Waals surface area (Å²) in [6.45, 7) is 1.34. The number of halogens is 3. The molecule has 2 unspecified atom stereocenters. The standard InChI is InChI=1S/C12H14F3NO3S/c1-7(17)20-6-4-9(18)11(19)10-8(12(13,14)15)3-2-5-16-10/h2-3,5,9,11,18-19H,4,6H2,1H3. The lowest BCUT2D eigenvalue weighted by Crippen LogP contribution is -2.23. The maximum absolute atomic E-state index is 12.7. The summed E-state index contributed by atoms with van der Waals surface area (Å²) in [6, 6.07) is 1.90. The number of pyridine rings is 1. The molecule has 0 saturated carbocycles. The van der Waals surface area contributed by atoms with Crippen LogP contribution >= 0.6 is 11.8 Å². The molecule has 0 aliphatic rings. The third-order valence-electron chi connectivity index (χ3n) is 2.51. The van der Waals surface area contributed by atoms with E-state index in [0.717, 1.165) is 30.1 Å². The molecule has 8 heteroatoms. The topological polar surface area (TPSA) is 70.4 Å². The highest BCUT2D eigenvalue weighted by molar-refractivity contribution is 8.13. The van der Waals surface area contributed by atoms with Crippen LogP contribution in [0.15, 0.2) is 18.3 Å². The van der Waals surface area contributed by atoms with Crippen molar-refractivity contribution in [3.8, 4) is 0 Å². The van der Waals surface area contributed by atoms with Crippen molar-refractivity contribution in [3.05, 3.63) is 29.6 Å². The number of alkyl halides is 3. The van der Waals surface area contributed by atoms with Crippen LogP contribution < -0.4 is 0 Å². The Balaban J connectivity index is 2.81. The molecule has 1 heterocycles. The Hall–Kier alpha value is -1.12. The van der Waals surface area contributed by atoms with Crippen LogP contribution in [0.3, 0.4) is 0 Å². The van der Waals surface area contributed by atoms with Gasteiger partial charge in [0.15, 0.2) is 5.12 Å². The van der Waals surface area contributed by atoms with E-state index in [4.69, 9.17) is 0 Å². The molecule has 0 amide bonds. The van der Waals surface area contributed by atoms with Crippen LogP contribution in [0.4, 0.5) is 13.2 Å². The summed E-state index contributed by atoms with van der Waals surface area (Å²) >= 11 is 0.929. The molecule has 0 saturated heterocycles. The highest BCUT2D eigenvalue weighted by Gasteiger charge is 2.37. The van der Waals surface area contributed by atoms with Crippen LogP contribution in [0.25, 0.3) is 0 Å². The number of hydrogen-bond donors (Lipinski definition) is 2. The highest BCUT2D eigenvalue weighted by Crippen LogP contribution is 2.34. The van der Waals surface area contributed by atoms with Crippen molar-refractivity contribution in [2.24, 2.45) is 0 Å². The summed E-state index contributed by atoms with van der Waals surface area (Å²) in [5.74, 6) is 0.210. The van der Waals surface area contributed by atoms with Gasteiger partial charge >= 0.3 is 6.18 Å². The molecule has 0 aliphatic carbocycles. The molecule has 1 aromatic rings. The van der Waals surface area contributed by atoms with Gasteiger partial charge in [-0.05, 0) is 18.6 Å². The van der Waals surface area contributed by atoms with Crippen LogP contribution in [0.1, 0.15) is 30.7 Å². The number of aliphatic hydroxyl groups is 2. The van der Waals surface area contributed by atoms with Gasteiger partial charge in [-0.2, -0.15) is 13.2 Å². The maximum atomic E-state index is 12.7. The minimum atomic E-state index is -4.65. The molecule has 0 fully saturated rings. The summed E-state index contributed by atoms with van der Waals surface area (Å²) in [6.07, 6.45) is -6.72. The Morgan fingerprint density at radius 3 is 2.65 bits per heavy atom. The van der Waals surface area contributed by atoms with Crippen molar-refractivity contribution in [3.63, 3.8) is 0 Å². The van der Waals surface area contributed by atoms with Gasteiger partial charge in [-0.1, -0.05) is 11.8 Å². The third-order valence-corrected chi connectivity index (χ3v) is 3.35. The van der Waals surface area contributed by atoms with Crippen molar-refractivity contribution in [2.45, 2.75) is 31.7 Å². The smallest absolute Gasteiger partial charge is 0.390 e. The molecule has 0 aliphatic heterocycles. The van der Waals surface area contributed by atoms with Gasteiger partial charge in [-0.3, -0.25) is 9.78 Å². The zero-order chi connectivity index (χ0) is 15.3. The molecule has 0 bridgehead atoms. The summed E-state index contributed by atoms with van der Waals surface area (Å²) < 4.78 is 38.2. The number of aromatic nitrogens is 1. The number of carbonyl (C=O) groups is 1. The van der Waals surface area contributed by atoms with E-state index in [1.165, 1.54) is 6.92 Å². The van der Waals surface area contributed by atoms with Crippen LogP contribution in [-0.2, 0) is 11.0 Å². The molecule has 2 N–H and O–H groups in total. The number of nitrogens with zero attached hydrogens (tertiary/aromatic N) is 1. The second-order valence-corrected chi connectivity index (χ2v) is 5.35. The molecule has 1 aromatic heterocycles. The van der Waals surface area contributed by atoms with Crippen molar-refractivity contribution in [1.82, 2.24) is 4.98 Å². The second kappa shape index (κ2) is 7.05. The van der Waals surface area contributed by atoms with E-state index in [-0.39, 0.29) is 17.3 Å². The molecule has 0 aromatic carbocycles.